The van der Waals surface area contributed by atoms with Crippen LogP contribution in [-0.4, -0.2) is 17.9 Å². The highest BCUT2D eigenvalue weighted by molar-refractivity contribution is 6.87. The molecule has 0 bridgehead atoms. The maximum Gasteiger partial charge on any atom is 0.231 e. The molecule has 1 atom stereocenters. The first kappa shape index (κ1) is 21.3. The first-order valence-corrected chi connectivity index (χ1v) is 13.2. The fourth-order valence-electron chi connectivity index (χ4n) is 4.18. The first-order chi connectivity index (χ1) is 14.9. The van der Waals surface area contributed by atoms with Gasteiger partial charge in [0, 0.05) is 23.8 Å². The molecule has 0 spiro atoms. The number of nitrogens with zero attached hydrogens (tertiary/aromatic N) is 2. The number of benzene rings is 3. The minimum absolute atomic E-state index is 0.118. The Kier molecular flexibility index (Phi) is 5.94. The van der Waals surface area contributed by atoms with Crippen molar-refractivity contribution in [2.24, 2.45) is 7.05 Å². The second-order valence-corrected chi connectivity index (χ2v) is 12.9. The van der Waals surface area contributed by atoms with Crippen LogP contribution in [0.1, 0.15) is 25.1 Å². The van der Waals surface area contributed by atoms with Gasteiger partial charge in [-0.15, -0.1) is 0 Å². The third kappa shape index (κ3) is 4.14. The van der Waals surface area contributed by atoms with Crippen LogP contribution in [0.25, 0.3) is 11.4 Å². The van der Waals surface area contributed by atoms with E-state index in [0.29, 0.717) is 6.61 Å². The summed E-state index contributed by atoms with van der Waals surface area (Å²) in [5, 5.41) is 1.18. The van der Waals surface area contributed by atoms with Crippen molar-refractivity contribution in [2.45, 2.75) is 32.0 Å². The molecule has 4 heteroatoms. The molecule has 1 heterocycles. The quantitative estimate of drug-likeness (QED) is 0.360. The summed E-state index contributed by atoms with van der Waals surface area (Å²) in [5.74, 6) is 0.963. The zero-order chi connectivity index (χ0) is 21.9. The van der Waals surface area contributed by atoms with Crippen molar-refractivity contribution < 1.29 is 4.43 Å². The first-order valence-electron chi connectivity index (χ1n) is 10.7. The third-order valence-electron chi connectivity index (χ3n) is 6.48. The van der Waals surface area contributed by atoms with E-state index in [9.17, 15) is 0 Å². The molecule has 0 aliphatic rings. The minimum atomic E-state index is -2.41. The Morgan fingerprint density at radius 2 is 1.39 bits per heavy atom. The average Bonchev–Trinajstić information content (AvgIpc) is 3.19. The van der Waals surface area contributed by atoms with Crippen molar-refractivity contribution in [3.63, 3.8) is 0 Å². The predicted octanol–water partition coefficient (Wildman–Crippen LogP) is 5.60. The topological polar surface area (TPSA) is 27.1 Å². The molecule has 4 aromatic rings. The molecule has 0 N–H and O–H groups in total. The highest BCUT2D eigenvalue weighted by atomic mass is 28.4. The monoisotopic (exact) mass is 426 g/mol. The van der Waals surface area contributed by atoms with Gasteiger partial charge in [-0.25, -0.2) is 4.98 Å². The summed E-state index contributed by atoms with van der Waals surface area (Å²) in [4.78, 5) is 4.89. The Hall–Kier alpha value is -2.95. The number of aromatic nitrogens is 2. The van der Waals surface area contributed by atoms with E-state index in [1.54, 1.807) is 0 Å². The van der Waals surface area contributed by atoms with Crippen LogP contribution in [-0.2, 0) is 23.1 Å². The molecule has 1 unspecified atom stereocenters. The van der Waals surface area contributed by atoms with Gasteiger partial charge in [-0.05, 0) is 17.3 Å². The van der Waals surface area contributed by atoms with Gasteiger partial charge in [-0.3, -0.25) is 0 Å². The normalized spacial score (nSPS) is 13.7. The smallest absolute Gasteiger partial charge is 0.231 e. The lowest BCUT2D eigenvalue weighted by Crippen LogP contribution is -2.61. The van der Waals surface area contributed by atoms with Gasteiger partial charge in [0.2, 0.25) is 8.32 Å². The standard InChI is InChI=1S/C27H30N2OSi/c1-27(2,23-16-10-6-11-17-23)31(4,25-18-12-7-13-19-25)30-21-24-20-29(3)26(28-24)22-14-8-5-9-15-22/h5-20H,21H2,1-4H3. The van der Waals surface area contributed by atoms with Crippen molar-refractivity contribution in [3.05, 3.63) is 108 Å². The zero-order valence-electron chi connectivity index (χ0n) is 18.7. The van der Waals surface area contributed by atoms with Gasteiger partial charge in [0.15, 0.2) is 0 Å². The van der Waals surface area contributed by atoms with Crippen LogP contribution in [0.2, 0.25) is 6.55 Å². The van der Waals surface area contributed by atoms with E-state index in [4.69, 9.17) is 9.41 Å². The molecule has 3 aromatic carbocycles. The van der Waals surface area contributed by atoms with Crippen molar-refractivity contribution in [2.75, 3.05) is 0 Å². The summed E-state index contributed by atoms with van der Waals surface area (Å²) < 4.78 is 8.97. The summed E-state index contributed by atoms with van der Waals surface area (Å²) in [6.45, 7) is 7.45. The van der Waals surface area contributed by atoms with E-state index in [1.807, 2.05) is 25.2 Å². The van der Waals surface area contributed by atoms with Crippen LogP contribution < -0.4 is 5.19 Å². The largest absolute Gasteiger partial charge is 0.406 e. The Balaban J connectivity index is 1.67. The van der Waals surface area contributed by atoms with E-state index in [1.165, 1.54) is 10.8 Å². The second kappa shape index (κ2) is 8.65. The fourth-order valence-corrected chi connectivity index (χ4v) is 7.41. The molecule has 1 aromatic heterocycles. The minimum Gasteiger partial charge on any atom is -0.406 e. The molecule has 3 nitrogen and oxygen atoms in total. The van der Waals surface area contributed by atoms with Crippen molar-refractivity contribution in [1.29, 1.82) is 0 Å². The van der Waals surface area contributed by atoms with Gasteiger partial charge >= 0.3 is 0 Å². The lowest BCUT2D eigenvalue weighted by Gasteiger charge is -2.42. The van der Waals surface area contributed by atoms with Gasteiger partial charge < -0.3 is 8.99 Å². The number of hydrogen-bond acceptors (Lipinski definition) is 2. The van der Waals surface area contributed by atoms with Gasteiger partial charge in [-0.1, -0.05) is 105 Å². The molecular weight excluding hydrogens is 396 g/mol. The van der Waals surface area contributed by atoms with Crippen LogP contribution in [0.5, 0.6) is 0 Å². The van der Waals surface area contributed by atoms with Gasteiger partial charge in [0.1, 0.15) is 5.82 Å². The van der Waals surface area contributed by atoms with Crippen LogP contribution in [0, 0.1) is 0 Å². The van der Waals surface area contributed by atoms with E-state index in [2.05, 4.69) is 104 Å². The van der Waals surface area contributed by atoms with E-state index in [0.717, 1.165) is 17.1 Å². The Morgan fingerprint density at radius 1 is 0.839 bits per heavy atom. The molecule has 158 valence electrons. The predicted molar refractivity (Wildman–Crippen MR) is 131 cm³/mol. The Morgan fingerprint density at radius 3 is 2.00 bits per heavy atom. The molecule has 31 heavy (non-hydrogen) atoms. The zero-order valence-corrected chi connectivity index (χ0v) is 19.7. The van der Waals surface area contributed by atoms with Gasteiger partial charge in [0.25, 0.3) is 0 Å². The summed E-state index contributed by atoms with van der Waals surface area (Å²) in [5.41, 5.74) is 3.38. The number of aryl methyl sites for hydroxylation is 1. The van der Waals surface area contributed by atoms with Crippen LogP contribution in [0.4, 0.5) is 0 Å². The van der Waals surface area contributed by atoms with Crippen molar-refractivity contribution in [3.8, 4) is 11.4 Å². The number of hydrogen-bond donors (Lipinski definition) is 0. The fraction of sp³-hybridized carbons (Fsp3) is 0.222. The molecular formula is C27H30N2OSi. The van der Waals surface area contributed by atoms with Crippen LogP contribution in [0.3, 0.4) is 0 Å². The number of rotatable bonds is 7. The molecule has 0 saturated carbocycles. The van der Waals surface area contributed by atoms with E-state index < -0.39 is 8.32 Å². The second-order valence-electron chi connectivity index (χ2n) is 8.71. The lowest BCUT2D eigenvalue weighted by atomic mass is 10.0. The van der Waals surface area contributed by atoms with E-state index in [-0.39, 0.29) is 5.04 Å². The van der Waals surface area contributed by atoms with Gasteiger partial charge in [-0.2, -0.15) is 0 Å². The maximum absolute atomic E-state index is 6.89. The Bertz CT molecular complexity index is 1120. The molecule has 0 fully saturated rings. The molecule has 0 radical (unpaired) electrons. The molecule has 0 aliphatic heterocycles. The molecule has 0 aliphatic carbocycles. The molecule has 4 rings (SSSR count). The molecule has 0 amide bonds. The van der Waals surface area contributed by atoms with Crippen molar-refractivity contribution in [1.82, 2.24) is 9.55 Å². The average molecular weight is 427 g/mol. The van der Waals surface area contributed by atoms with Crippen LogP contribution >= 0.6 is 0 Å². The number of imidazole rings is 1. The van der Waals surface area contributed by atoms with Crippen molar-refractivity contribution >= 4 is 13.5 Å². The van der Waals surface area contributed by atoms with Gasteiger partial charge in [0.05, 0.1) is 12.3 Å². The summed E-state index contributed by atoms with van der Waals surface area (Å²) in [6.07, 6.45) is 2.08. The SMILES string of the molecule is Cn1cc(CO[Si](C)(c2ccccc2)C(C)(C)c2ccccc2)nc1-c1ccccc1. The lowest BCUT2D eigenvalue weighted by molar-refractivity contribution is 0.276. The maximum atomic E-state index is 6.89. The van der Waals surface area contributed by atoms with E-state index >= 15 is 0 Å². The summed E-state index contributed by atoms with van der Waals surface area (Å²) in [7, 11) is -0.371. The van der Waals surface area contributed by atoms with Crippen LogP contribution in [0.15, 0.2) is 97.2 Å². The summed E-state index contributed by atoms with van der Waals surface area (Å²) in [6, 6.07) is 31.7. The highest BCUT2D eigenvalue weighted by Crippen LogP contribution is 2.35. The highest BCUT2D eigenvalue weighted by Gasteiger charge is 2.48. The third-order valence-corrected chi connectivity index (χ3v) is 11.3. The Labute approximate surface area is 186 Å². The summed E-state index contributed by atoms with van der Waals surface area (Å²) >= 11 is 0. The molecule has 0 saturated heterocycles.